The van der Waals surface area contributed by atoms with Crippen LogP contribution < -0.4 is 0 Å². The highest BCUT2D eigenvalue weighted by atomic mass is 15.1. The van der Waals surface area contributed by atoms with Gasteiger partial charge in [0.2, 0.25) is 0 Å². The van der Waals surface area contributed by atoms with Crippen LogP contribution in [0.5, 0.6) is 0 Å². The maximum Gasteiger partial charge on any atom is 0.146 e. The quantitative estimate of drug-likeness (QED) is 0.371. The van der Waals surface area contributed by atoms with E-state index in [-0.39, 0.29) is 0 Å². The minimum absolute atomic E-state index is 0.430. The van der Waals surface area contributed by atoms with Crippen molar-refractivity contribution in [2.45, 2.75) is 46.5 Å². The molecule has 0 aliphatic heterocycles. The lowest BCUT2D eigenvalue weighted by Crippen LogP contribution is -2.08. The smallest absolute Gasteiger partial charge is 0.146 e. The van der Waals surface area contributed by atoms with Crippen molar-refractivity contribution in [3.63, 3.8) is 0 Å². The molecule has 4 aromatic rings. The number of fused-ring (bicyclic) bond motifs is 1. The monoisotopic (exact) mass is 368 g/mol. The third kappa shape index (κ3) is 3.03. The lowest BCUT2D eigenvalue weighted by Gasteiger charge is -2.22. The Kier molecular flexibility index (Phi) is 4.80. The van der Waals surface area contributed by atoms with Gasteiger partial charge < -0.3 is 0 Å². The molecule has 28 heavy (non-hydrogen) atoms. The molecule has 0 amide bonds. The SMILES string of the molecule is Cc1ccccc1-c1nc2ccccc2n1-c1c(C(C)C)cccc1C(C)C. The Hall–Kier alpha value is -2.87. The van der Waals surface area contributed by atoms with Gasteiger partial charge in [-0.05, 0) is 47.6 Å². The highest BCUT2D eigenvalue weighted by Crippen LogP contribution is 2.37. The predicted molar refractivity (Wildman–Crippen MR) is 119 cm³/mol. The van der Waals surface area contributed by atoms with E-state index in [0.717, 1.165) is 16.9 Å². The Morgan fingerprint density at radius 3 is 1.96 bits per heavy atom. The van der Waals surface area contributed by atoms with Crippen LogP contribution in [0.15, 0.2) is 66.7 Å². The molecule has 0 saturated carbocycles. The fraction of sp³-hybridized carbons (Fsp3) is 0.269. The molecule has 0 radical (unpaired) electrons. The van der Waals surface area contributed by atoms with Crippen LogP contribution in [0, 0.1) is 6.92 Å². The maximum atomic E-state index is 5.08. The molecule has 0 N–H and O–H groups in total. The molecule has 142 valence electrons. The summed E-state index contributed by atoms with van der Waals surface area (Å²) in [6.07, 6.45) is 0. The van der Waals surface area contributed by atoms with Crippen molar-refractivity contribution in [2.75, 3.05) is 0 Å². The Balaban J connectivity index is 2.16. The second-order valence-corrected chi connectivity index (χ2v) is 8.17. The number of imidazole rings is 1. The standard InChI is InChI=1S/C26H28N2/c1-17(2)20-13-10-14-21(18(3)4)25(20)28-24-16-9-8-15-23(24)27-26(28)22-12-7-6-11-19(22)5/h6-18H,1-5H3. The minimum Gasteiger partial charge on any atom is -0.292 e. The average Bonchev–Trinajstić information content (AvgIpc) is 3.06. The summed E-state index contributed by atoms with van der Waals surface area (Å²) in [5.41, 5.74) is 8.65. The van der Waals surface area contributed by atoms with E-state index in [4.69, 9.17) is 4.98 Å². The van der Waals surface area contributed by atoms with E-state index in [0.29, 0.717) is 11.8 Å². The first-order valence-corrected chi connectivity index (χ1v) is 10.2. The van der Waals surface area contributed by atoms with Gasteiger partial charge in [0.15, 0.2) is 0 Å². The van der Waals surface area contributed by atoms with Gasteiger partial charge in [0.05, 0.1) is 16.7 Å². The van der Waals surface area contributed by atoms with Gasteiger partial charge in [-0.15, -0.1) is 0 Å². The number of nitrogens with zero attached hydrogens (tertiary/aromatic N) is 2. The lowest BCUT2D eigenvalue weighted by molar-refractivity contribution is 0.811. The average molecular weight is 369 g/mol. The van der Waals surface area contributed by atoms with Gasteiger partial charge >= 0.3 is 0 Å². The fourth-order valence-corrected chi connectivity index (χ4v) is 4.03. The van der Waals surface area contributed by atoms with Gasteiger partial charge in [-0.3, -0.25) is 4.57 Å². The third-order valence-electron chi connectivity index (χ3n) is 5.51. The van der Waals surface area contributed by atoms with Crippen LogP contribution in [0.2, 0.25) is 0 Å². The normalized spacial score (nSPS) is 11.7. The molecular formula is C26H28N2. The third-order valence-corrected chi connectivity index (χ3v) is 5.51. The van der Waals surface area contributed by atoms with E-state index >= 15 is 0 Å². The highest BCUT2D eigenvalue weighted by molar-refractivity contribution is 5.84. The zero-order chi connectivity index (χ0) is 19.8. The first-order valence-electron chi connectivity index (χ1n) is 10.2. The van der Waals surface area contributed by atoms with Crippen molar-refractivity contribution in [3.8, 4) is 17.1 Å². The van der Waals surface area contributed by atoms with Crippen molar-refractivity contribution >= 4 is 11.0 Å². The van der Waals surface area contributed by atoms with Crippen LogP contribution in [-0.2, 0) is 0 Å². The number of rotatable bonds is 4. The summed E-state index contributed by atoms with van der Waals surface area (Å²) >= 11 is 0. The van der Waals surface area contributed by atoms with Gasteiger partial charge in [-0.1, -0.05) is 82.3 Å². The lowest BCUT2D eigenvalue weighted by atomic mass is 9.92. The van der Waals surface area contributed by atoms with Crippen molar-refractivity contribution in [3.05, 3.63) is 83.4 Å². The van der Waals surface area contributed by atoms with E-state index in [1.54, 1.807) is 0 Å². The Morgan fingerprint density at radius 1 is 0.714 bits per heavy atom. The van der Waals surface area contributed by atoms with Crippen molar-refractivity contribution in [1.29, 1.82) is 0 Å². The van der Waals surface area contributed by atoms with Crippen molar-refractivity contribution in [1.82, 2.24) is 9.55 Å². The number of hydrogen-bond donors (Lipinski definition) is 0. The molecule has 3 aromatic carbocycles. The molecule has 0 atom stereocenters. The molecule has 0 fully saturated rings. The molecule has 4 rings (SSSR count). The van der Waals surface area contributed by atoms with Gasteiger partial charge in [0.1, 0.15) is 5.82 Å². The largest absolute Gasteiger partial charge is 0.292 e. The Morgan fingerprint density at radius 2 is 1.32 bits per heavy atom. The Labute approximate surface area is 167 Å². The topological polar surface area (TPSA) is 17.8 Å². The van der Waals surface area contributed by atoms with Gasteiger partial charge in [-0.25, -0.2) is 4.98 Å². The number of hydrogen-bond acceptors (Lipinski definition) is 1. The molecule has 0 unspecified atom stereocenters. The van der Waals surface area contributed by atoms with E-state index in [9.17, 15) is 0 Å². The molecule has 0 spiro atoms. The van der Waals surface area contributed by atoms with Gasteiger partial charge in [0, 0.05) is 5.56 Å². The van der Waals surface area contributed by atoms with E-state index in [1.807, 2.05) is 0 Å². The summed E-state index contributed by atoms with van der Waals surface area (Å²) in [5.74, 6) is 1.88. The Bertz CT molecular complexity index is 1110. The number of aromatic nitrogens is 2. The molecular weight excluding hydrogens is 340 g/mol. The first kappa shape index (κ1) is 18.5. The summed E-state index contributed by atoms with van der Waals surface area (Å²) < 4.78 is 2.39. The molecule has 1 aromatic heterocycles. The van der Waals surface area contributed by atoms with Gasteiger partial charge in [0.25, 0.3) is 0 Å². The minimum atomic E-state index is 0.430. The molecule has 2 heteroatoms. The highest BCUT2D eigenvalue weighted by Gasteiger charge is 2.22. The van der Waals surface area contributed by atoms with Crippen LogP contribution in [-0.4, -0.2) is 9.55 Å². The summed E-state index contributed by atoms with van der Waals surface area (Å²) in [6.45, 7) is 11.3. The van der Waals surface area contributed by atoms with Crippen LogP contribution in [0.25, 0.3) is 28.1 Å². The van der Waals surface area contributed by atoms with Crippen molar-refractivity contribution < 1.29 is 0 Å². The second kappa shape index (κ2) is 7.27. The molecule has 0 aliphatic carbocycles. The van der Waals surface area contributed by atoms with E-state index < -0.39 is 0 Å². The van der Waals surface area contributed by atoms with E-state index in [2.05, 4.69) is 106 Å². The molecule has 0 saturated heterocycles. The fourth-order valence-electron chi connectivity index (χ4n) is 4.03. The summed E-state index contributed by atoms with van der Waals surface area (Å²) in [6, 6.07) is 23.7. The van der Waals surface area contributed by atoms with Crippen LogP contribution in [0.4, 0.5) is 0 Å². The van der Waals surface area contributed by atoms with Gasteiger partial charge in [-0.2, -0.15) is 0 Å². The number of aryl methyl sites for hydroxylation is 1. The zero-order valence-corrected chi connectivity index (χ0v) is 17.4. The molecule has 0 bridgehead atoms. The summed E-state index contributed by atoms with van der Waals surface area (Å²) in [5, 5.41) is 0. The molecule has 0 aliphatic rings. The van der Waals surface area contributed by atoms with Crippen molar-refractivity contribution in [2.24, 2.45) is 0 Å². The maximum absolute atomic E-state index is 5.08. The van der Waals surface area contributed by atoms with Crippen LogP contribution in [0.3, 0.4) is 0 Å². The summed E-state index contributed by atoms with van der Waals surface area (Å²) in [4.78, 5) is 5.08. The zero-order valence-electron chi connectivity index (χ0n) is 17.4. The summed E-state index contributed by atoms with van der Waals surface area (Å²) in [7, 11) is 0. The first-order chi connectivity index (χ1) is 13.5. The molecule has 1 heterocycles. The van der Waals surface area contributed by atoms with Crippen LogP contribution >= 0.6 is 0 Å². The predicted octanol–water partition coefficient (Wildman–Crippen LogP) is 7.25. The van der Waals surface area contributed by atoms with Crippen LogP contribution in [0.1, 0.15) is 56.2 Å². The number of benzene rings is 3. The number of para-hydroxylation sites is 3. The second-order valence-electron chi connectivity index (χ2n) is 8.17. The van der Waals surface area contributed by atoms with E-state index in [1.165, 1.54) is 27.9 Å². The molecule has 2 nitrogen and oxygen atoms in total.